The molecule has 7 aliphatic carbocycles. The Bertz CT molecular complexity index is 1390. The molecule has 7 aliphatic rings. The molecule has 0 heterocycles. The molecule has 0 spiro atoms. The Morgan fingerprint density at radius 3 is 1.46 bits per heavy atom. The number of fused-ring (bicyclic) bond motifs is 4. The first kappa shape index (κ1) is 61.8. The topological polar surface area (TPSA) is 0 Å². The van der Waals surface area contributed by atoms with Crippen LogP contribution in [0.3, 0.4) is 0 Å². The third-order valence-electron chi connectivity index (χ3n) is 15.4. The molecule has 0 saturated heterocycles. The van der Waals surface area contributed by atoms with Crippen LogP contribution in [0.2, 0.25) is 0 Å². The molecule has 0 nitrogen and oxygen atoms in total. The molecule has 0 aliphatic heterocycles. The summed E-state index contributed by atoms with van der Waals surface area (Å²) in [6, 6.07) is 0. The van der Waals surface area contributed by atoms with Gasteiger partial charge in [0, 0.05) is 0 Å². The van der Waals surface area contributed by atoms with Gasteiger partial charge in [0.1, 0.15) is 0 Å². The van der Waals surface area contributed by atoms with Crippen LogP contribution in [-0.2, 0) is 41.7 Å². The van der Waals surface area contributed by atoms with Crippen molar-refractivity contribution in [1.82, 2.24) is 0 Å². The van der Waals surface area contributed by atoms with Gasteiger partial charge in [-0.05, 0) is 137 Å². The minimum atomic E-state index is -0.826. The van der Waals surface area contributed by atoms with Gasteiger partial charge in [-0.15, -0.1) is 13.2 Å². The zero-order valence-corrected chi connectivity index (χ0v) is 48.5. The molecule has 0 amide bonds. The monoisotopic (exact) mass is 1070 g/mol. The molecule has 0 bridgehead atoms. The first-order valence-electron chi connectivity index (χ1n) is 22.5. The summed E-state index contributed by atoms with van der Waals surface area (Å²) in [4.78, 5) is 0. The van der Waals surface area contributed by atoms with Crippen molar-refractivity contribution in [2.24, 2.45) is 81.3 Å². The number of halogens is 4. The van der Waals surface area contributed by atoms with E-state index in [4.69, 9.17) is 34.1 Å². The fraction of sp³-hybridized carbons (Fsp3) is 0.636. The van der Waals surface area contributed by atoms with Crippen LogP contribution >= 0.6 is 34.1 Å². The second-order valence-corrected chi connectivity index (χ2v) is 28.2. The van der Waals surface area contributed by atoms with Crippen molar-refractivity contribution in [1.29, 1.82) is 0 Å². The molecule has 7 rings (SSSR count). The summed E-state index contributed by atoms with van der Waals surface area (Å²) in [6.45, 7) is 25.0. The summed E-state index contributed by atoms with van der Waals surface area (Å²) in [5.41, 5.74) is 3.90. The maximum absolute atomic E-state index is 4.93. The van der Waals surface area contributed by atoms with Crippen LogP contribution in [0.5, 0.6) is 0 Å². The van der Waals surface area contributed by atoms with Crippen LogP contribution < -0.4 is 0 Å². The van der Waals surface area contributed by atoms with E-state index in [1.54, 1.807) is 11.1 Å². The van der Waals surface area contributed by atoms with E-state index in [0.29, 0.717) is 35.0 Å². The SMILES string of the molecule is C=CCC1CC(CCC2CCCC2)C2C=CC=CC12.C=CCCC(C)(C1CCCC1)C1C2C=C(C(C)(C)C)C=CC2C2C=CC(C(C)(C)C)=CC21.[CH3-].[CH3-].[CH3-].[CH3-].[Cl][Zr+2][Cl].[Cl][Zr+2][Cl]. The van der Waals surface area contributed by atoms with Crippen molar-refractivity contribution < 1.29 is 41.7 Å². The molecule has 4 saturated carbocycles. The predicted molar refractivity (Wildman–Crippen MR) is 272 cm³/mol. The maximum atomic E-state index is 4.93. The van der Waals surface area contributed by atoms with Gasteiger partial charge in [-0.1, -0.05) is 166 Å². The minimum absolute atomic E-state index is 0. The zero-order valence-electron chi connectivity index (χ0n) is 40.6. The van der Waals surface area contributed by atoms with Gasteiger partial charge in [0.25, 0.3) is 0 Å². The van der Waals surface area contributed by atoms with Crippen LogP contribution in [0.1, 0.15) is 138 Å². The number of allylic oxidation sites excluding steroid dienone is 14. The second-order valence-electron chi connectivity index (χ2n) is 20.7. The molecule has 9 atom stereocenters. The van der Waals surface area contributed by atoms with E-state index in [1.165, 1.54) is 83.5 Å². The van der Waals surface area contributed by atoms with Crippen molar-refractivity contribution in [3.63, 3.8) is 0 Å². The van der Waals surface area contributed by atoms with Gasteiger partial charge in [-0.2, -0.15) is 0 Å². The predicted octanol–water partition coefficient (Wildman–Crippen LogP) is 19.4. The fourth-order valence-corrected chi connectivity index (χ4v) is 12.5. The van der Waals surface area contributed by atoms with Gasteiger partial charge in [-0.3, -0.25) is 0 Å². The van der Waals surface area contributed by atoms with Crippen LogP contribution in [0.15, 0.2) is 97.2 Å². The summed E-state index contributed by atoms with van der Waals surface area (Å²) >= 11 is -1.65. The van der Waals surface area contributed by atoms with Crippen molar-refractivity contribution >= 4 is 34.1 Å². The van der Waals surface area contributed by atoms with E-state index in [-0.39, 0.29) is 40.5 Å². The summed E-state index contributed by atoms with van der Waals surface area (Å²) in [5, 5.41) is 0. The van der Waals surface area contributed by atoms with E-state index in [0.717, 1.165) is 41.9 Å². The Hall–Kier alpha value is 0.846. The van der Waals surface area contributed by atoms with Gasteiger partial charge in [0.2, 0.25) is 0 Å². The molecular formula is C55H88Cl4Zr2. The molecule has 0 aromatic carbocycles. The Kier molecular flexibility index (Phi) is 30.0. The zero-order chi connectivity index (χ0) is 41.8. The fourth-order valence-electron chi connectivity index (χ4n) is 12.5. The number of hydrogen-bond donors (Lipinski definition) is 0. The molecule has 4 fully saturated rings. The van der Waals surface area contributed by atoms with Gasteiger partial charge >= 0.3 is 75.7 Å². The van der Waals surface area contributed by atoms with Gasteiger partial charge in [-0.25, -0.2) is 0 Å². The molecule has 6 heteroatoms. The molecule has 0 aromatic rings. The van der Waals surface area contributed by atoms with Crippen molar-refractivity contribution in [2.45, 2.75) is 138 Å². The summed E-state index contributed by atoms with van der Waals surface area (Å²) in [7, 11) is 19.7. The Morgan fingerprint density at radius 1 is 0.590 bits per heavy atom. The molecule has 0 N–H and O–H groups in total. The normalized spacial score (nSPS) is 30.2. The quantitative estimate of drug-likeness (QED) is 0.151. The van der Waals surface area contributed by atoms with Crippen LogP contribution in [0.4, 0.5) is 0 Å². The molecule has 0 radical (unpaired) electrons. The van der Waals surface area contributed by atoms with E-state index < -0.39 is 41.7 Å². The Balaban J connectivity index is 0.00000107. The first-order valence-corrected chi connectivity index (χ1v) is 35.1. The van der Waals surface area contributed by atoms with Crippen molar-refractivity contribution in [3.8, 4) is 0 Å². The number of hydrogen-bond acceptors (Lipinski definition) is 0. The molecule has 344 valence electrons. The number of rotatable bonds is 10. The van der Waals surface area contributed by atoms with Crippen molar-refractivity contribution in [2.75, 3.05) is 0 Å². The average molecular weight is 1070 g/mol. The second kappa shape index (κ2) is 29.6. The van der Waals surface area contributed by atoms with Crippen molar-refractivity contribution in [3.05, 3.63) is 127 Å². The van der Waals surface area contributed by atoms with E-state index in [9.17, 15) is 0 Å². The van der Waals surface area contributed by atoms with Crippen LogP contribution in [0, 0.1) is 111 Å². The summed E-state index contributed by atoms with van der Waals surface area (Å²) in [6.07, 6.45) is 49.1. The summed E-state index contributed by atoms with van der Waals surface area (Å²) < 4.78 is 0. The van der Waals surface area contributed by atoms with Gasteiger partial charge in [0.05, 0.1) is 0 Å². The van der Waals surface area contributed by atoms with Crippen LogP contribution in [-0.4, -0.2) is 0 Å². The standard InChI is InChI=1S/C32H48.C19H28.4CH3.4ClH.2Zr/c1-9-10-19-32(8,22-13-11-12-14-22)29-27-20-23(30(2,3)4)15-17-25(27)26-18-16-24(21-28(26)29)31(5,6)7;1-2-7-16-14-17(13-12-15-8-3-4-9-15)19-11-6-5-10-18(16)19;;;;;;;;;;/h9,15-18,20-22,25-29H,1,10-14,19H2,2-8H3;2,5-6,10-11,15-19H,1,3-4,7-9,12-14H2;4*1H3;4*1H;;/q;;4*-1;;;;;2*+4/p-4. The Labute approximate surface area is 418 Å². The average Bonchev–Trinajstić information content (AvgIpc) is 4.00. The Morgan fingerprint density at radius 2 is 1.03 bits per heavy atom. The molecule has 61 heavy (non-hydrogen) atoms. The van der Waals surface area contributed by atoms with Crippen LogP contribution in [0.25, 0.3) is 0 Å². The first-order chi connectivity index (χ1) is 27.2. The third-order valence-corrected chi connectivity index (χ3v) is 15.4. The van der Waals surface area contributed by atoms with Gasteiger partial charge in [0.15, 0.2) is 0 Å². The summed E-state index contributed by atoms with van der Waals surface area (Å²) in [5.74, 6) is 8.66. The third kappa shape index (κ3) is 16.5. The van der Waals surface area contributed by atoms with E-state index in [1.807, 2.05) is 0 Å². The van der Waals surface area contributed by atoms with E-state index in [2.05, 4.69) is 135 Å². The van der Waals surface area contributed by atoms with E-state index >= 15 is 0 Å². The molecular weight excluding hydrogens is 985 g/mol. The molecule has 0 aromatic heterocycles. The van der Waals surface area contributed by atoms with Gasteiger partial charge < -0.3 is 29.7 Å². The molecule has 9 unspecified atom stereocenters.